The van der Waals surface area contributed by atoms with Crippen LogP contribution in [0.1, 0.15) is 43.9 Å². The largest absolute Gasteiger partial charge is 0.493 e. The Morgan fingerprint density at radius 3 is 2.48 bits per heavy atom. The number of anilines is 1. The van der Waals surface area contributed by atoms with Crippen LogP contribution in [0.2, 0.25) is 0 Å². The lowest BCUT2D eigenvalue weighted by molar-refractivity contribution is 0.287. The molecule has 2 heteroatoms. The molecular weight excluding hydrogens is 282 g/mol. The van der Waals surface area contributed by atoms with E-state index < -0.39 is 0 Å². The molecule has 124 valence electrons. The molecule has 0 saturated carbocycles. The van der Waals surface area contributed by atoms with Crippen LogP contribution in [0.3, 0.4) is 0 Å². The van der Waals surface area contributed by atoms with Crippen LogP contribution < -0.4 is 10.1 Å². The molecule has 0 amide bonds. The first-order valence-electron chi connectivity index (χ1n) is 8.64. The number of hydrogen-bond donors (Lipinski definition) is 1. The standard InChI is InChI=1S/C21H29NO/c1-5-18-11-8-9-17(4)21(18)22-15-19-10-6-7-12-20(19)23-14-13-16(2)3/h6-12,16,22H,5,13-15H2,1-4H3. The maximum absolute atomic E-state index is 5.98. The van der Waals surface area contributed by atoms with Crippen molar-refractivity contribution < 1.29 is 4.74 Å². The monoisotopic (exact) mass is 311 g/mol. The molecule has 2 aromatic carbocycles. The minimum Gasteiger partial charge on any atom is -0.493 e. The quantitative estimate of drug-likeness (QED) is 0.685. The molecular formula is C21H29NO. The molecule has 0 aliphatic carbocycles. The van der Waals surface area contributed by atoms with Crippen molar-refractivity contribution in [3.8, 4) is 5.75 Å². The van der Waals surface area contributed by atoms with E-state index in [0.717, 1.165) is 31.7 Å². The van der Waals surface area contributed by atoms with Gasteiger partial charge < -0.3 is 10.1 Å². The predicted molar refractivity (Wildman–Crippen MR) is 99.3 cm³/mol. The van der Waals surface area contributed by atoms with Crippen LogP contribution in [-0.4, -0.2) is 6.61 Å². The topological polar surface area (TPSA) is 21.3 Å². The summed E-state index contributed by atoms with van der Waals surface area (Å²) in [6, 6.07) is 14.8. The summed E-state index contributed by atoms with van der Waals surface area (Å²) in [6.07, 6.45) is 2.12. The summed E-state index contributed by atoms with van der Waals surface area (Å²) in [6.45, 7) is 10.4. The average molecular weight is 311 g/mol. The zero-order valence-corrected chi connectivity index (χ0v) is 14.9. The van der Waals surface area contributed by atoms with Crippen molar-refractivity contribution in [2.24, 2.45) is 5.92 Å². The van der Waals surface area contributed by atoms with E-state index in [4.69, 9.17) is 4.74 Å². The molecule has 0 heterocycles. The van der Waals surface area contributed by atoms with E-state index in [0.29, 0.717) is 5.92 Å². The third-order valence-corrected chi connectivity index (χ3v) is 4.12. The molecule has 23 heavy (non-hydrogen) atoms. The number of aryl methyl sites for hydroxylation is 2. The zero-order valence-electron chi connectivity index (χ0n) is 14.9. The smallest absolute Gasteiger partial charge is 0.124 e. The lowest BCUT2D eigenvalue weighted by Crippen LogP contribution is -2.07. The highest BCUT2D eigenvalue weighted by Gasteiger charge is 2.07. The molecule has 2 rings (SSSR count). The van der Waals surface area contributed by atoms with Gasteiger partial charge in [-0.05, 0) is 42.9 Å². The Balaban J connectivity index is 2.06. The fourth-order valence-corrected chi connectivity index (χ4v) is 2.65. The number of rotatable bonds is 8. The highest BCUT2D eigenvalue weighted by atomic mass is 16.5. The molecule has 0 saturated heterocycles. The molecule has 0 unspecified atom stereocenters. The van der Waals surface area contributed by atoms with Crippen LogP contribution in [0.5, 0.6) is 5.75 Å². The van der Waals surface area contributed by atoms with E-state index in [2.05, 4.69) is 69.4 Å². The van der Waals surface area contributed by atoms with Gasteiger partial charge in [0.2, 0.25) is 0 Å². The number of benzene rings is 2. The molecule has 1 N–H and O–H groups in total. The number of hydrogen-bond acceptors (Lipinski definition) is 2. The van der Waals surface area contributed by atoms with E-state index in [1.807, 2.05) is 6.07 Å². The second kappa shape index (κ2) is 8.61. The molecule has 0 aliphatic rings. The Morgan fingerprint density at radius 2 is 1.74 bits per heavy atom. The van der Waals surface area contributed by atoms with Crippen LogP contribution in [0.4, 0.5) is 5.69 Å². The number of para-hydroxylation sites is 2. The summed E-state index contributed by atoms with van der Waals surface area (Å²) in [7, 11) is 0. The van der Waals surface area contributed by atoms with Crippen LogP contribution >= 0.6 is 0 Å². The van der Waals surface area contributed by atoms with Gasteiger partial charge >= 0.3 is 0 Å². The van der Waals surface area contributed by atoms with Crippen LogP contribution in [-0.2, 0) is 13.0 Å². The first-order valence-corrected chi connectivity index (χ1v) is 8.64. The van der Waals surface area contributed by atoms with Gasteiger partial charge in [-0.3, -0.25) is 0 Å². The molecule has 0 radical (unpaired) electrons. The third kappa shape index (κ3) is 5.02. The Hall–Kier alpha value is -1.96. The lowest BCUT2D eigenvalue weighted by Gasteiger charge is -2.16. The Morgan fingerprint density at radius 1 is 1.00 bits per heavy atom. The van der Waals surface area contributed by atoms with Crippen molar-refractivity contribution in [3.63, 3.8) is 0 Å². The normalized spacial score (nSPS) is 10.8. The zero-order chi connectivity index (χ0) is 16.7. The molecule has 0 spiro atoms. The summed E-state index contributed by atoms with van der Waals surface area (Å²) < 4.78 is 5.98. The third-order valence-electron chi connectivity index (χ3n) is 4.12. The van der Waals surface area contributed by atoms with Gasteiger partial charge in [0.1, 0.15) is 5.75 Å². The second-order valence-electron chi connectivity index (χ2n) is 6.45. The number of ether oxygens (including phenoxy) is 1. The van der Waals surface area contributed by atoms with Crippen molar-refractivity contribution in [2.75, 3.05) is 11.9 Å². The lowest BCUT2D eigenvalue weighted by atomic mass is 10.1. The van der Waals surface area contributed by atoms with Gasteiger partial charge in [0.25, 0.3) is 0 Å². The highest BCUT2D eigenvalue weighted by Crippen LogP contribution is 2.24. The van der Waals surface area contributed by atoms with Crippen molar-refractivity contribution in [2.45, 2.75) is 47.1 Å². The molecule has 0 aromatic heterocycles. The first kappa shape index (κ1) is 17.4. The molecule has 2 nitrogen and oxygen atoms in total. The maximum atomic E-state index is 5.98. The van der Waals surface area contributed by atoms with Gasteiger partial charge in [0, 0.05) is 17.8 Å². The summed E-state index contributed by atoms with van der Waals surface area (Å²) in [5, 5.41) is 3.61. The predicted octanol–water partition coefficient (Wildman–Crippen LogP) is 5.59. The fraction of sp³-hybridized carbons (Fsp3) is 0.429. The van der Waals surface area contributed by atoms with Crippen molar-refractivity contribution in [1.29, 1.82) is 0 Å². The van der Waals surface area contributed by atoms with Crippen LogP contribution in [0.25, 0.3) is 0 Å². The molecule has 0 aliphatic heterocycles. The molecule has 2 aromatic rings. The molecule has 0 atom stereocenters. The van der Waals surface area contributed by atoms with Crippen molar-refractivity contribution >= 4 is 5.69 Å². The highest BCUT2D eigenvalue weighted by molar-refractivity contribution is 5.57. The van der Waals surface area contributed by atoms with Crippen LogP contribution in [0, 0.1) is 12.8 Å². The van der Waals surface area contributed by atoms with Crippen LogP contribution in [0.15, 0.2) is 42.5 Å². The van der Waals surface area contributed by atoms with Gasteiger partial charge in [-0.2, -0.15) is 0 Å². The Bertz CT molecular complexity index is 619. The minimum absolute atomic E-state index is 0.666. The average Bonchev–Trinajstić information content (AvgIpc) is 2.54. The number of nitrogens with one attached hydrogen (secondary N) is 1. The minimum atomic E-state index is 0.666. The summed E-state index contributed by atoms with van der Waals surface area (Å²) in [5.41, 5.74) is 5.12. The SMILES string of the molecule is CCc1cccc(C)c1NCc1ccccc1OCCC(C)C. The van der Waals surface area contributed by atoms with Gasteiger partial charge in [-0.15, -0.1) is 0 Å². The van der Waals surface area contributed by atoms with Gasteiger partial charge in [-0.25, -0.2) is 0 Å². The summed E-state index contributed by atoms with van der Waals surface area (Å²) in [5.74, 6) is 1.66. The van der Waals surface area contributed by atoms with E-state index in [1.165, 1.54) is 22.4 Å². The van der Waals surface area contributed by atoms with E-state index in [-0.39, 0.29) is 0 Å². The van der Waals surface area contributed by atoms with Gasteiger partial charge in [-0.1, -0.05) is 57.2 Å². The molecule has 0 bridgehead atoms. The fourth-order valence-electron chi connectivity index (χ4n) is 2.65. The van der Waals surface area contributed by atoms with Gasteiger partial charge in [0.05, 0.1) is 6.61 Å². The first-order chi connectivity index (χ1) is 11.1. The van der Waals surface area contributed by atoms with Crippen molar-refractivity contribution in [3.05, 3.63) is 59.2 Å². The van der Waals surface area contributed by atoms with E-state index >= 15 is 0 Å². The molecule has 0 fully saturated rings. The van der Waals surface area contributed by atoms with Gasteiger partial charge in [0.15, 0.2) is 0 Å². The Labute approximate surface area is 140 Å². The maximum Gasteiger partial charge on any atom is 0.124 e. The summed E-state index contributed by atoms with van der Waals surface area (Å²) in [4.78, 5) is 0. The second-order valence-corrected chi connectivity index (χ2v) is 6.45. The summed E-state index contributed by atoms with van der Waals surface area (Å²) >= 11 is 0. The van der Waals surface area contributed by atoms with Crippen molar-refractivity contribution in [1.82, 2.24) is 0 Å². The van der Waals surface area contributed by atoms with E-state index in [9.17, 15) is 0 Å². The Kier molecular flexibility index (Phi) is 6.52. The van der Waals surface area contributed by atoms with E-state index in [1.54, 1.807) is 0 Å².